The normalized spacial score (nSPS) is 8.97. The van der Waals surface area contributed by atoms with Gasteiger partial charge in [-0.25, -0.2) is 19.2 Å². The second kappa shape index (κ2) is 10.2. The Bertz CT molecular complexity index is 850. The van der Waals surface area contributed by atoms with Gasteiger partial charge in [-0.2, -0.15) is 21.0 Å². The van der Waals surface area contributed by atoms with Crippen molar-refractivity contribution in [3.8, 4) is 24.3 Å². The third kappa shape index (κ3) is 6.68. The second-order valence-electron chi connectivity index (χ2n) is 4.42. The Morgan fingerprint density at radius 1 is 0.517 bits per heavy atom. The highest BCUT2D eigenvalue weighted by molar-refractivity contribution is 6.62. The van der Waals surface area contributed by atoms with Crippen molar-refractivity contribution in [1.82, 2.24) is 0 Å². The van der Waals surface area contributed by atoms with E-state index in [9.17, 15) is 19.2 Å². The van der Waals surface area contributed by atoms with Gasteiger partial charge in [-0.05, 0) is 0 Å². The monoisotopic (exact) mass is 412 g/mol. The van der Waals surface area contributed by atoms with Crippen molar-refractivity contribution >= 4 is 32.9 Å². The van der Waals surface area contributed by atoms with Gasteiger partial charge in [0, 0.05) is 0 Å². The van der Waals surface area contributed by atoms with E-state index in [1.54, 1.807) is 0 Å². The average molecular weight is 412 g/mol. The van der Waals surface area contributed by atoms with Gasteiger partial charge >= 0.3 is 32.9 Å². The van der Waals surface area contributed by atoms with Gasteiger partial charge in [0.2, 0.25) is 0 Å². The zero-order valence-electron chi connectivity index (χ0n) is 14.4. The zero-order chi connectivity index (χ0) is 22.8. The van der Waals surface area contributed by atoms with E-state index in [-0.39, 0.29) is 0 Å². The number of carbonyl (C=O) groups is 4. The molecule has 0 aromatic carbocycles. The quantitative estimate of drug-likeness (QED) is 0.292. The lowest BCUT2D eigenvalue weighted by Crippen LogP contribution is -2.55. The SMILES string of the molecule is C=C(C#N)C(=O)O[Si](OC(=O)C(=C)C#N)(OC(=O)C(=C)C#N)OC(=O)C(=C)C#N. The molecule has 0 rings (SSSR count). The number of hydrogen-bond donors (Lipinski definition) is 0. The number of carbonyl (C=O) groups excluding carboxylic acids is 4. The lowest BCUT2D eigenvalue weighted by atomic mass is 10.4. The van der Waals surface area contributed by atoms with Crippen LogP contribution in [-0.2, 0) is 36.9 Å². The fourth-order valence-corrected chi connectivity index (χ4v) is 2.66. The molecule has 0 spiro atoms. The summed E-state index contributed by atoms with van der Waals surface area (Å²) in [6, 6.07) is 5.08. The molecule has 29 heavy (non-hydrogen) atoms. The maximum absolute atomic E-state index is 11.9. The van der Waals surface area contributed by atoms with Crippen LogP contribution in [0.15, 0.2) is 48.6 Å². The average Bonchev–Trinajstić information content (AvgIpc) is 2.70. The number of hydrogen-bond acceptors (Lipinski definition) is 12. The van der Waals surface area contributed by atoms with Crippen molar-refractivity contribution in [3.05, 3.63) is 48.6 Å². The topological polar surface area (TPSA) is 200 Å². The van der Waals surface area contributed by atoms with E-state index in [1.165, 1.54) is 24.3 Å². The summed E-state index contributed by atoms with van der Waals surface area (Å²) in [6.07, 6.45) is 0. The van der Waals surface area contributed by atoms with Crippen LogP contribution in [0.4, 0.5) is 0 Å². The molecule has 0 amide bonds. The maximum atomic E-state index is 11.9. The second-order valence-corrected chi connectivity index (χ2v) is 6.24. The Labute approximate surface area is 164 Å². The Morgan fingerprint density at radius 3 is 0.828 bits per heavy atom. The molecule has 0 aliphatic rings. The Morgan fingerprint density at radius 2 is 0.690 bits per heavy atom. The van der Waals surface area contributed by atoms with Crippen LogP contribution in [0.2, 0.25) is 0 Å². The van der Waals surface area contributed by atoms with Crippen molar-refractivity contribution in [2.75, 3.05) is 0 Å². The highest BCUT2D eigenvalue weighted by Crippen LogP contribution is 2.19. The Hall–Kier alpha value is -4.98. The molecular formula is C16H8N4O8Si. The third-order valence-corrected chi connectivity index (χ3v) is 4.14. The summed E-state index contributed by atoms with van der Waals surface area (Å²) in [7, 11) is -5.61. The molecule has 144 valence electrons. The van der Waals surface area contributed by atoms with Crippen molar-refractivity contribution in [1.29, 1.82) is 21.0 Å². The van der Waals surface area contributed by atoms with E-state index < -0.39 is 55.2 Å². The van der Waals surface area contributed by atoms with E-state index in [0.717, 1.165) is 0 Å². The predicted octanol–water partition coefficient (Wildman–Crippen LogP) is -0.0861. The number of nitriles is 4. The van der Waals surface area contributed by atoms with Crippen molar-refractivity contribution in [2.24, 2.45) is 0 Å². The predicted molar refractivity (Wildman–Crippen MR) is 89.1 cm³/mol. The molecule has 0 saturated carbocycles. The fraction of sp³-hybridized carbons (Fsp3) is 0. The number of nitrogens with zero attached hydrogens (tertiary/aromatic N) is 4. The van der Waals surface area contributed by atoms with E-state index in [2.05, 4.69) is 44.0 Å². The minimum absolute atomic E-state index is 0.901. The molecule has 0 heterocycles. The molecule has 0 aliphatic heterocycles. The lowest BCUT2D eigenvalue weighted by Gasteiger charge is -2.24. The van der Waals surface area contributed by atoms with Crippen LogP contribution in [0.3, 0.4) is 0 Å². The van der Waals surface area contributed by atoms with Gasteiger partial charge in [-0.15, -0.1) is 0 Å². The van der Waals surface area contributed by atoms with Crippen LogP contribution >= 0.6 is 0 Å². The van der Waals surface area contributed by atoms with Crippen LogP contribution < -0.4 is 0 Å². The molecule has 0 atom stereocenters. The van der Waals surface area contributed by atoms with Gasteiger partial charge in [0.05, 0.1) is 0 Å². The van der Waals surface area contributed by atoms with Gasteiger partial charge in [0.1, 0.15) is 46.6 Å². The van der Waals surface area contributed by atoms with Gasteiger partial charge in [-0.3, -0.25) is 0 Å². The fourth-order valence-electron chi connectivity index (χ4n) is 1.01. The summed E-state index contributed by atoms with van der Waals surface area (Å²) in [5.74, 6) is -6.61. The first-order valence-corrected chi connectivity index (χ1v) is 8.39. The van der Waals surface area contributed by atoms with E-state index in [1.807, 2.05) is 0 Å². The molecule has 0 saturated heterocycles. The van der Waals surface area contributed by atoms with Crippen molar-refractivity contribution < 1.29 is 36.9 Å². The molecule has 0 aromatic heterocycles. The maximum Gasteiger partial charge on any atom is 0.975 e. The van der Waals surface area contributed by atoms with Crippen molar-refractivity contribution in [3.63, 3.8) is 0 Å². The van der Waals surface area contributed by atoms with E-state index in [4.69, 9.17) is 21.0 Å². The summed E-state index contributed by atoms with van der Waals surface area (Å²) in [5, 5.41) is 34.8. The highest BCUT2D eigenvalue weighted by atomic mass is 28.4. The smallest absolute Gasteiger partial charge is 0.418 e. The molecule has 0 radical (unpaired) electrons. The first kappa shape index (κ1) is 24.0. The first-order valence-electron chi connectivity index (χ1n) is 6.76. The lowest BCUT2D eigenvalue weighted by molar-refractivity contribution is -0.157. The third-order valence-electron chi connectivity index (χ3n) is 2.40. The Balaban J connectivity index is 6.42. The molecule has 0 bridgehead atoms. The molecule has 0 unspecified atom stereocenters. The molecular weight excluding hydrogens is 404 g/mol. The van der Waals surface area contributed by atoms with E-state index in [0.29, 0.717) is 0 Å². The molecule has 0 N–H and O–H groups in total. The molecule has 13 heteroatoms. The summed E-state index contributed by atoms with van der Waals surface area (Å²) >= 11 is 0. The highest BCUT2D eigenvalue weighted by Gasteiger charge is 2.64. The van der Waals surface area contributed by atoms with Crippen LogP contribution in [0, 0.1) is 45.3 Å². The van der Waals surface area contributed by atoms with Gasteiger partial charge in [-0.1, -0.05) is 26.3 Å². The van der Waals surface area contributed by atoms with Gasteiger partial charge < -0.3 is 17.7 Å². The van der Waals surface area contributed by atoms with Crippen LogP contribution in [-0.4, -0.2) is 32.9 Å². The Kier molecular flexibility index (Phi) is 8.48. The summed E-state index contributed by atoms with van der Waals surface area (Å²) in [5.41, 5.74) is -3.60. The largest absolute Gasteiger partial charge is 0.975 e. The van der Waals surface area contributed by atoms with Crippen LogP contribution in [0.1, 0.15) is 0 Å². The summed E-state index contributed by atoms with van der Waals surface area (Å²) < 4.78 is 18.3. The molecule has 12 nitrogen and oxygen atoms in total. The van der Waals surface area contributed by atoms with E-state index >= 15 is 0 Å². The van der Waals surface area contributed by atoms with Gasteiger partial charge in [0.25, 0.3) is 0 Å². The number of rotatable bonds is 8. The minimum atomic E-state index is -5.61. The van der Waals surface area contributed by atoms with Crippen LogP contribution in [0.25, 0.3) is 0 Å². The summed E-state index contributed by atoms with van der Waals surface area (Å²) in [6.45, 7) is 12.0. The summed E-state index contributed by atoms with van der Waals surface area (Å²) in [4.78, 5) is 47.6. The first-order chi connectivity index (χ1) is 13.5. The minimum Gasteiger partial charge on any atom is -0.418 e. The van der Waals surface area contributed by atoms with Crippen molar-refractivity contribution in [2.45, 2.75) is 0 Å². The molecule has 0 aromatic rings. The van der Waals surface area contributed by atoms with Crippen LogP contribution in [0.5, 0.6) is 0 Å². The molecule has 0 aliphatic carbocycles. The molecule has 0 fully saturated rings. The standard InChI is InChI=1S/C16H8N4O8Si/c1-9(5-17)13(21)25-29(26-14(22)10(2)6-18,27-15(23)11(3)7-19)28-16(24)12(4)8-20/h1-4H2. The zero-order valence-corrected chi connectivity index (χ0v) is 15.4. The van der Waals surface area contributed by atoms with Gasteiger partial charge in [0.15, 0.2) is 0 Å².